The molecular weight excluding hydrogens is 540 g/mol. The normalized spacial score (nSPS) is 11.6. The molecule has 0 bridgehead atoms. The Kier molecular flexibility index (Phi) is 10.4. The fourth-order valence-electron chi connectivity index (χ4n) is 3.95. The smallest absolute Gasteiger partial charge is 0.261 e. The van der Waals surface area contributed by atoms with E-state index in [1.807, 2.05) is 81.4 Å². The van der Waals surface area contributed by atoms with Crippen molar-refractivity contribution < 1.29 is 14.3 Å². The van der Waals surface area contributed by atoms with Gasteiger partial charge in [0.25, 0.3) is 5.91 Å². The van der Waals surface area contributed by atoms with Crippen LogP contribution in [-0.4, -0.2) is 35.9 Å². The van der Waals surface area contributed by atoms with Crippen molar-refractivity contribution in [2.75, 3.05) is 13.2 Å². The average Bonchev–Trinajstić information content (AvgIpc) is 2.88. The Bertz CT molecular complexity index is 1160. The third kappa shape index (κ3) is 7.58. The summed E-state index contributed by atoms with van der Waals surface area (Å²) in [5.74, 6) is 0.117. The molecule has 0 aliphatic rings. The van der Waals surface area contributed by atoms with Crippen LogP contribution < -0.4 is 10.1 Å². The van der Waals surface area contributed by atoms with Crippen LogP contribution in [0.2, 0.25) is 5.02 Å². The molecule has 0 aliphatic carbocycles. The number of ether oxygens (including phenoxy) is 1. The van der Waals surface area contributed by atoms with Crippen LogP contribution >= 0.6 is 27.5 Å². The van der Waals surface area contributed by atoms with Gasteiger partial charge in [-0.2, -0.15) is 0 Å². The molecule has 0 fully saturated rings. The van der Waals surface area contributed by atoms with E-state index in [1.54, 1.807) is 11.0 Å². The molecule has 190 valence electrons. The van der Waals surface area contributed by atoms with Gasteiger partial charge in [-0.25, -0.2) is 0 Å². The maximum absolute atomic E-state index is 13.6. The molecule has 2 amide bonds. The van der Waals surface area contributed by atoms with E-state index in [2.05, 4.69) is 21.2 Å². The minimum absolute atomic E-state index is 0.192. The van der Waals surface area contributed by atoms with Crippen LogP contribution in [0.4, 0.5) is 0 Å². The second-order valence-electron chi connectivity index (χ2n) is 8.77. The first kappa shape index (κ1) is 27.8. The molecule has 0 saturated carbocycles. The number of rotatable bonds is 11. The van der Waals surface area contributed by atoms with Gasteiger partial charge in [-0.3, -0.25) is 9.59 Å². The SMILES string of the molecule is CCCNC(=O)C(Cc1ccccc1)N(Cc1ccccc1Cl)C(=O)COc1cc(C)c(Br)c(C)c1. The van der Waals surface area contributed by atoms with Gasteiger partial charge in [-0.1, -0.05) is 83.0 Å². The number of hydrogen-bond donors (Lipinski definition) is 1. The predicted octanol–water partition coefficient (Wildman–Crippen LogP) is 6.26. The topological polar surface area (TPSA) is 58.6 Å². The van der Waals surface area contributed by atoms with Crippen LogP contribution in [0.25, 0.3) is 0 Å². The monoisotopic (exact) mass is 570 g/mol. The van der Waals surface area contributed by atoms with E-state index in [0.717, 1.165) is 33.1 Å². The van der Waals surface area contributed by atoms with Crippen molar-refractivity contribution in [1.29, 1.82) is 0 Å². The maximum Gasteiger partial charge on any atom is 0.261 e. The van der Waals surface area contributed by atoms with Crippen molar-refractivity contribution in [3.63, 3.8) is 0 Å². The Balaban J connectivity index is 1.92. The lowest BCUT2D eigenvalue weighted by atomic mass is 10.0. The number of hydrogen-bond acceptors (Lipinski definition) is 3. The van der Waals surface area contributed by atoms with Crippen molar-refractivity contribution in [3.8, 4) is 5.75 Å². The summed E-state index contributed by atoms with van der Waals surface area (Å²) in [4.78, 5) is 28.6. The fourth-order valence-corrected chi connectivity index (χ4v) is 4.37. The molecule has 1 atom stereocenters. The van der Waals surface area contributed by atoms with E-state index in [4.69, 9.17) is 16.3 Å². The van der Waals surface area contributed by atoms with Crippen molar-refractivity contribution in [3.05, 3.63) is 98.5 Å². The summed E-state index contributed by atoms with van der Waals surface area (Å²) in [5.41, 5.74) is 3.77. The van der Waals surface area contributed by atoms with Crippen LogP contribution in [0, 0.1) is 13.8 Å². The minimum atomic E-state index is -0.722. The van der Waals surface area contributed by atoms with Crippen molar-refractivity contribution >= 4 is 39.3 Å². The Labute approximate surface area is 226 Å². The Hall–Kier alpha value is -2.83. The molecule has 0 aromatic heterocycles. The Morgan fingerprint density at radius 1 is 1.03 bits per heavy atom. The lowest BCUT2D eigenvalue weighted by Crippen LogP contribution is -2.51. The highest BCUT2D eigenvalue weighted by molar-refractivity contribution is 9.10. The molecule has 36 heavy (non-hydrogen) atoms. The zero-order valence-corrected chi connectivity index (χ0v) is 23.2. The molecule has 0 radical (unpaired) electrons. The van der Waals surface area contributed by atoms with E-state index >= 15 is 0 Å². The van der Waals surface area contributed by atoms with Crippen LogP contribution in [0.5, 0.6) is 5.75 Å². The summed E-state index contributed by atoms with van der Waals surface area (Å²) in [5, 5.41) is 3.52. The number of benzene rings is 3. The molecule has 0 saturated heterocycles. The van der Waals surface area contributed by atoms with E-state index in [1.165, 1.54) is 0 Å². The number of aryl methyl sites for hydroxylation is 2. The molecule has 1 unspecified atom stereocenters. The second-order valence-corrected chi connectivity index (χ2v) is 9.97. The number of carbonyl (C=O) groups excluding carboxylic acids is 2. The van der Waals surface area contributed by atoms with Gasteiger partial charge in [0.05, 0.1) is 0 Å². The molecule has 3 rings (SSSR count). The summed E-state index contributed by atoms with van der Waals surface area (Å²) in [6.45, 7) is 6.48. The number of nitrogens with one attached hydrogen (secondary N) is 1. The molecule has 5 nitrogen and oxygen atoms in total. The average molecular weight is 572 g/mol. The largest absolute Gasteiger partial charge is 0.484 e. The van der Waals surface area contributed by atoms with E-state index in [0.29, 0.717) is 23.7 Å². The molecular formula is C29H32BrClN2O3. The molecule has 0 spiro atoms. The highest BCUT2D eigenvalue weighted by Gasteiger charge is 2.31. The third-order valence-corrected chi connectivity index (χ3v) is 7.51. The lowest BCUT2D eigenvalue weighted by molar-refractivity contribution is -0.142. The van der Waals surface area contributed by atoms with Gasteiger partial charge in [0.2, 0.25) is 5.91 Å². The summed E-state index contributed by atoms with van der Waals surface area (Å²) in [6, 6.07) is 20.1. The minimum Gasteiger partial charge on any atom is -0.484 e. The maximum atomic E-state index is 13.6. The Morgan fingerprint density at radius 3 is 2.31 bits per heavy atom. The molecule has 3 aromatic carbocycles. The molecule has 7 heteroatoms. The first-order valence-electron chi connectivity index (χ1n) is 12.0. The molecule has 3 aromatic rings. The van der Waals surface area contributed by atoms with Crippen LogP contribution in [-0.2, 0) is 22.6 Å². The summed E-state index contributed by atoms with van der Waals surface area (Å²) in [7, 11) is 0. The van der Waals surface area contributed by atoms with Crippen molar-refractivity contribution in [2.24, 2.45) is 0 Å². The van der Waals surface area contributed by atoms with E-state index < -0.39 is 6.04 Å². The summed E-state index contributed by atoms with van der Waals surface area (Å²) in [6.07, 6.45) is 1.18. The molecule has 1 N–H and O–H groups in total. The van der Waals surface area contributed by atoms with Gasteiger partial charge in [-0.05, 0) is 60.7 Å². The van der Waals surface area contributed by atoms with Crippen LogP contribution in [0.1, 0.15) is 35.6 Å². The van der Waals surface area contributed by atoms with E-state index in [-0.39, 0.29) is 25.0 Å². The van der Waals surface area contributed by atoms with Crippen LogP contribution in [0.15, 0.2) is 71.2 Å². The van der Waals surface area contributed by atoms with E-state index in [9.17, 15) is 9.59 Å². The zero-order chi connectivity index (χ0) is 26.1. The lowest BCUT2D eigenvalue weighted by Gasteiger charge is -2.31. The predicted molar refractivity (Wildman–Crippen MR) is 148 cm³/mol. The van der Waals surface area contributed by atoms with Gasteiger partial charge < -0.3 is 15.0 Å². The van der Waals surface area contributed by atoms with Gasteiger partial charge in [-0.15, -0.1) is 0 Å². The summed E-state index contributed by atoms with van der Waals surface area (Å²) >= 11 is 10.0. The number of carbonyl (C=O) groups is 2. The van der Waals surface area contributed by atoms with Gasteiger partial charge in [0.1, 0.15) is 11.8 Å². The second kappa shape index (κ2) is 13.5. The first-order valence-corrected chi connectivity index (χ1v) is 13.2. The molecule has 0 heterocycles. The highest BCUT2D eigenvalue weighted by Crippen LogP contribution is 2.27. The Morgan fingerprint density at radius 2 is 1.67 bits per heavy atom. The number of amides is 2. The number of halogens is 2. The van der Waals surface area contributed by atoms with Crippen molar-refractivity contribution in [1.82, 2.24) is 10.2 Å². The highest BCUT2D eigenvalue weighted by atomic mass is 79.9. The van der Waals surface area contributed by atoms with Gasteiger partial charge in [0, 0.05) is 29.0 Å². The van der Waals surface area contributed by atoms with Crippen LogP contribution in [0.3, 0.4) is 0 Å². The number of nitrogens with zero attached hydrogens (tertiary/aromatic N) is 1. The third-order valence-electron chi connectivity index (χ3n) is 5.89. The standard InChI is InChI=1S/C29H32BrClN2O3/c1-4-14-32-29(35)26(17-22-10-6-5-7-11-22)33(18-23-12-8-9-13-25(23)31)27(34)19-36-24-15-20(2)28(30)21(3)16-24/h5-13,15-16,26H,4,14,17-19H2,1-3H3,(H,32,35). The summed E-state index contributed by atoms with van der Waals surface area (Å²) < 4.78 is 6.93. The molecule has 0 aliphatic heterocycles. The zero-order valence-electron chi connectivity index (χ0n) is 20.9. The van der Waals surface area contributed by atoms with Crippen molar-refractivity contribution in [2.45, 2.75) is 46.2 Å². The van der Waals surface area contributed by atoms with Gasteiger partial charge >= 0.3 is 0 Å². The fraction of sp³-hybridized carbons (Fsp3) is 0.310. The quantitative estimate of drug-likeness (QED) is 0.295. The van der Waals surface area contributed by atoms with Gasteiger partial charge in [0.15, 0.2) is 6.61 Å². The first-order chi connectivity index (χ1) is 17.3.